The molecule has 0 unspecified atom stereocenters. The molecule has 0 atom stereocenters. The Hall–Kier alpha value is 2.28. The van der Waals surface area contributed by atoms with Crippen LogP contribution < -0.4 is 67.9 Å². The first-order chi connectivity index (χ1) is 40.3. The van der Waals surface area contributed by atoms with Gasteiger partial charge in [-0.15, -0.1) is 0 Å². The summed E-state index contributed by atoms with van der Waals surface area (Å²) in [7, 11) is -6.41. The Morgan fingerprint density at radius 3 is 0.233 bits per heavy atom. The summed E-state index contributed by atoms with van der Waals surface area (Å²) in [5.41, 5.74) is 0. The van der Waals surface area contributed by atoms with Crippen LogP contribution in [0.1, 0.15) is 222 Å². The molecule has 4 N–H and O–H groups in total. The molecule has 0 rings (SSSR count). The zero-order valence-corrected chi connectivity index (χ0v) is 76.0. The normalized spacial score (nSPS) is 11.9. The SMILES string of the molecule is CCN(CC)P(N(CC)CC)(N(CC)CC)=[N+](CC)CC.CCN(CC)P(N(CC)CC)(N(CC)CC)=[N+](CC)CC.CCN(CC)P(N(CC)CC)(N(CC)CC)=[N+](CC)CC.CCN(CC)P(N(CC)CC)(N(CC)CC)=[N+](CC)CC.O.O.[Br-].[Br-].[Br-].[Br-]. The van der Waals surface area contributed by atoms with E-state index < -0.39 is 30.0 Å². The van der Waals surface area contributed by atoms with Gasteiger partial charge in [-0.05, 0) is 55.4 Å². The highest BCUT2D eigenvalue weighted by Crippen LogP contribution is 2.61. The second-order valence-corrected chi connectivity index (χ2v) is 33.7. The quantitative estimate of drug-likeness (QED) is 0.0837. The Labute approximate surface area is 608 Å². The lowest BCUT2D eigenvalue weighted by Gasteiger charge is -2.45. The monoisotopic (exact) mass is 1630 g/mol. The van der Waals surface area contributed by atoms with Crippen LogP contribution in [0.15, 0.2) is 0 Å². The lowest BCUT2D eigenvalue weighted by molar-refractivity contribution is -0.510. The van der Waals surface area contributed by atoms with Gasteiger partial charge in [0.15, 0.2) is 0 Å². The largest absolute Gasteiger partial charge is 1.00 e. The maximum absolute atomic E-state index is 2.74. The summed E-state index contributed by atoms with van der Waals surface area (Å²) >= 11 is 0. The molecule has 0 aromatic carbocycles. The molecule has 0 aliphatic rings. The summed E-state index contributed by atoms with van der Waals surface area (Å²) in [5.74, 6) is 0. The third-order valence-electron chi connectivity index (χ3n) is 17.8. The average molecular weight is 1630 g/mol. The number of halogens is 4. The second kappa shape index (κ2) is 65.9. The van der Waals surface area contributed by atoms with Crippen molar-refractivity contribution in [3.63, 3.8) is 0 Å². The van der Waals surface area contributed by atoms with Gasteiger partial charge in [0.1, 0.15) is 52.4 Å². The van der Waals surface area contributed by atoms with Crippen molar-refractivity contribution in [1.82, 2.24) is 56.0 Å². The van der Waals surface area contributed by atoms with Gasteiger partial charge in [0.2, 0.25) is 0 Å². The number of hydrogen-bond acceptors (Lipinski definition) is 0. The molecule has 26 heteroatoms. The fourth-order valence-electron chi connectivity index (χ4n) is 13.9. The van der Waals surface area contributed by atoms with Crippen LogP contribution in [0, 0.1) is 0 Å². The molecule has 90 heavy (non-hydrogen) atoms. The maximum Gasteiger partial charge on any atom is 0.312 e. The molecule has 0 aliphatic heterocycles. The molecule has 0 bridgehead atoms. The van der Waals surface area contributed by atoms with E-state index in [-0.39, 0.29) is 78.9 Å². The molecule has 0 aromatic rings. The summed E-state index contributed by atoms with van der Waals surface area (Å²) in [6.07, 6.45) is 0. The van der Waals surface area contributed by atoms with Crippen molar-refractivity contribution in [2.75, 3.05) is 209 Å². The maximum atomic E-state index is 2.74. The van der Waals surface area contributed by atoms with E-state index in [0.29, 0.717) is 0 Å². The molecule has 0 aliphatic carbocycles. The van der Waals surface area contributed by atoms with Crippen molar-refractivity contribution in [2.45, 2.75) is 222 Å². The van der Waals surface area contributed by atoms with Gasteiger partial charge in [0.05, 0.1) is 0 Å². The van der Waals surface area contributed by atoms with Gasteiger partial charge in [-0.3, -0.25) is 0 Å². The predicted molar refractivity (Wildman–Crippen MR) is 395 cm³/mol. The molecular formula is C64H164Br4N16O2P4. The van der Waals surface area contributed by atoms with Crippen LogP contribution in [0.25, 0.3) is 0 Å². The highest BCUT2D eigenvalue weighted by molar-refractivity contribution is 7.57. The minimum Gasteiger partial charge on any atom is -1.00 e. The van der Waals surface area contributed by atoms with E-state index in [9.17, 15) is 0 Å². The van der Waals surface area contributed by atoms with Crippen molar-refractivity contribution >= 4 is 30.0 Å². The van der Waals surface area contributed by atoms with Crippen molar-refractivity contribution in [1.29, 1.82) is 0 Å². The van der Waals surface area contributed by atoms with Gasteiger partial charge in [-0.2, -0.15) is 0 Å². The van der Waals surface area contributed by atoms with Crippen LogP contribution in [0.4, 0.5) is 0 Å². The molecule has 18 nitrogen and oxygen atoms in total. The molecule has 0 radical (unpaired) electrons. The zero-order valence-electron chi connectivity index (χ0n) is 66.1. The number of hydrogen-bond donors (Lipinski definition) is 0. The first kappa shape index (κ1) is 114. The topological polar surface area (TPSA) is 114 Å². The van der Waals surface area contributed by atoms with Gasteiger partial charge in [-0.1, -0.05) is 166 Å². The lowest BCUT2D eigenvalue weighted by atomic mass is 10.6. The Morgan fingerprint density at radius 1 is 0.144 bits per heavy atom. The first-order valence-electron chi connectivity index (χ1n) is 35.9. The Balaban J connectivity index is -0.000000116. The molecule has 560 valence electrons. The molecule has 0 spiro atoms. The summed E-state index contributed by atoms with van der Waals surface area (Å²) < 4.78 is 43.8. The van der Waals surface area contributed by atoms with E-state index in [2.05, 4.69) is 295 Å². The molecule has 0 fully saturated rings. The van der Waals surface area contributed by atoms with E-state index in [4.69, 9.17) is 0 Å². The van der Waals surface area contributed by atoms with E-state index in [1.165, 1.54) is 0 Å². The summed E-state index contributed by atoms with van der Waals surface area (Å²) in [5, 5.41) is 0. The smallest absolute Gasteiger partial charge is 0.312 e. The highest BCUT2D eigenvalue weighted by atomic mass is 79.9. The van der Waals surface area contributed by atoms with Crippen LogP contribution in [-0.2, 0) is 0 Å². The predicted octanol–water partition coefficient (Wildman–Crippen LogP) is 2.41. The van der Waals surface area contributed by atoms with E-state index >= 15 is 0 Å². The minimum absolute atomic E-state index is 0. The number of rotatable bonds is 44. The van der Waals surface area contributed by atoms with E-state index in [1.807, 2.05) is 0 Å². The van der Waals surface area contributed by atoms with Crippen molar-refractivity contribution in [3.8, 4) is 0 Å². The van der Waals surface area contributed by atoms with Crippen LogP contribution in [-0.4, -0.2) is 294 Å². The van der Waals surface area contributed by atoms with Crippen molar-refractivity contribution < 1.29 is 96.2 Å². The Bertz CT molecular complexity index is 1390. The highest BCUT2D eigenvalue weighted by Gasteiger charge is 2.49. The average Bonchev–Trinajstić information content (AvgIpc) is 3.53. The fourth-order valence-corrected chi connectivity index (χ4v) is 34.7. The molecule has 0 saturated carbocycles. The standard InChI is InChI=1S/4C16H40N4P.4BrH.2H2O/c4*1-9-17(10-2)21(18(11-3)12-4,19(13-5)14-6)20(15-7)16-8;;;;;;/h4*9-16H2,1-8H3;4*1H;2*1H2/q4*+1;;;;;;/p-4. The van der Waals surface area contributed by atoms with Gasteiger partial charge in [0, 0.05) is 157 Å². The van der Waals surface area contributed by atoms with E-state index in [1.54, 1.807) is 0 Å². The fraction of sp³-hybridized carbons (Fsp3) is 1.00. The van der Waals surface area contributed by atoms with Gasteiger partial charge >= 0.3 is 30.0 Å². The Morgan fingerprint density at radius 2 is 0.200 bits per heavy atom. The van der Waals surface area contributed by atoms with Gasteiger partial charge in [-0.25, -0.2) is 73.4 Å². The van der Waals surface area contributed by atoms with Crippen LogP contribution >= 0.6 is 30.0 Å². The van der Waals surface area contributed by atoms with Crippen LogP contribution in [0.3, 0.4) is 0 Å². The zero-order chi connectivity index (χ0) is 65.9. The van der Waals surface area contributed by atoms with Crippen molar-refractivity contribution in [3.05, 3.63) is 0 Å². The van der Waals surface area contributed by atoms with Gasteiger partial charge < -0.3 is 78.9 Å². The van der Waals surface area contributed by atoms with E-state index in [0.717, 1.165) is 209 Å². The van der Waals surface area contributed by atoms with Crippen LogP contribution in [0.2, 0.25) is 0 Å². The molecule has 0 heterocycles. The number of nitrogens with zero attached hydrogens (tertiary/aromatic N) is 16. The first-order valence-corrected chi connectivity index (χ1v) is 42.3. The van der Waals surface area contributed by atoms with Crippen LogP contribution in [0.5, 0.6) is 0 Å². The molecular weight excluding hydrogens is 1470 g/mol. The lowest BCUT2D eigenvalue weighted by Crippen LogP contribution is -3.00. The minimum atomic E-state index is -1.60. The molecule has 0 saturated heterocycles. The van der Waals surface area contributed by atoms with Crippen molar-refractivity contribution in [2.24, 2.45) is 0 Å². The summed E-state index contributed by atoms with van der Waals surface area (Å²) in [4.78, 5) is 0. The third kappa shape index (κ3) is 27.3. The summed E-state index contributed by atoms with van der Waals surface area (Å²) in [6.45, 7) is 110. The van der Waals surface area contributed by atoms with Gasteiger partial charge in [0.25, 0.3) is 0 Å². The Kier molecular flexibility index (Phi) is 83.1. The third-order valence-corrected chi connectivity index (χ3v) is 38.9. The molecule has 0 aromatic heterocycles. The molecule has 0 amide bonds. The summed E-state index contributed by atoms with van der Waals surface area (Å²) in [6, 6.07) is 0. The second-order valence-electron chi connectivity index (χ2n) is 20.4.